The van der Waals surface area contributed by atoms with Crippen molar-refractivity contribution in [2.45, 2.75) is 0 Å². The highest BCUT2D eigenvalue weighted by Crippen LogP contribution is 2.38. The Hall–Kier alpha value is -6.07. The van der Waals surface area contributed by atoms with Crippen LogP contribution in [0.4, 0.5) is 0 Å². The Morgan fingerprint density at radius 2 is 1.14 bits per heavy atom. The quantitative estimate of drug-likeness (QED) is 0.187. The molecule has 0 aliphatic carbocycles. The Balaban J connectivity index is 1.23. The lowest BCUT2D eigenvalue weighted by Crippen LogP contribution is -2.02. The molecule has 44 heavy (non-hydrogen) atoms. The molecular formula is C39H25N3O2. The van der Waals surface area contributed by atoms with Crippen LogP contribution in [0.5, 0.6) is 0 Å². The van der Waals surface area contributed by atoms with Crippen molar-refractivity contribution in [1.29, 1.82) is 0 Å². The molecule has 0 unspecified atom stereocenters. The molecule has 0 fully saturated rings. The highest BCUT2D eigenvalue weighted by Gasteiger charge is 2.16. The summed E-state index contributed by atoms with van der Waals surface area (Å²) in [7, 11) is 0. The van der Waals surface area contributed by atoms with Gasteiger partial charge >= 0.3 is 0 Å². The van der Waals surface area contributed by atoms with Gasteiger partial charge in [-0.1, -0.05) is 104 Å². The normalized spacial score (nSPS) is 12.0. The van der Waals surface area contributed by atoms with Crippen LogP contribution in [0.15, 0.2) is 149 Å². The van der Waals surface area contributed by atoms with Crippen LogP contribution in [0.3, 0.4) is 0 Å². The van der Waals surface area contributed by atoms with Gasteiger partial charge in [-0.2, -0.15) is 0 Å². The molecule has 0 radical (unpaired) electrons. The summed E-state index contributed by atoms with van der Waals surface area (Å²) in [6.07, 6.45) is 5.28. The minimum atomic E-state index is 0.538. The summed E-state index contributed by atoms with van der Waals surface area (Å²) in [6.45, 7) is 7.78. The predicted octanol–water partition coefficient (Wildman–Crippen LogP) is 10.4. The van der Waals surface area contributed by atoms with Crippen molar-refractivity contribution in [3.05, 3.63) is 146 Å². The maximum absolute atomic E-state index is 6.36. The van der Waals surface area contributed by atoms with Crippen LogP contribution in [0.1, 0.15) is 5.82 Å². The van der Waals surface area contributed by atoms with E-state index in [1.54, 1.807) is 12.2 Å². The molecule has 5 aromatic carbocycles. The van der Waals surface area contributed by atoms with Crippen LogP contribution < -0.4 is 0 Å². The topological polar surface area (TPSA) is 65.0 Å². The van der Waals surface area contributed by atoms with Gasteiger partial charge in [0.1, 0.15) is 22.3 Å². The molecule has 8 aromatic rings. The lowest BCUT2D eigenvalue weighted by molar-refractivity contribution is 0.656. The second kappa shape index (κ2) is 10.3. The molecule has 0 spiro atoms. The maximum Gasteiger partial charge on any atom is 0.164 e. The average Bonchev–Trinajstić information content (AvgIpc) is 3.63. The van der Waals surface area contributed by atoms with Crippen molar-refractivity contribution in [2.24, 2.45) is 0 Å². The summed E-state index contributed by atoms with van der Waals surface area (Å²) in [6, 6.07) is 36.7. The zero-order chi connectivity index (χ0) is 29.6. The largest absolute Gasteiger partial charge is 0.456 e. The van der Waals surface area contributed by atoms with Crippen LogP contribution in [-0.2, 0) is 0 Å². The Morgan fingerprint density at radius 1 is 0.500 bits per heavy atom. The maximum atomic E-state index is 6.36. The summed E-state index contributed by atoms with van der Waals surface area (Å²) in [5.41, 5.74) is 7.93. The predicted molar refractivity (Wildman–Crippen MR) is 179 cm³/mol. The molecule has 0 amide bonds. The van der Waals surface area contributed by atoms with Crippen LogP contribution in [-0.4, -0.2) is 15.0 Å². The highest BCUT2D eigenvalue weighted by atomic mass is 16.3. The van der Waals surface area contributed by atoms with E-state index in [1.165, 1.54) is 0 Å². The molecule has 0 saturated carbocycles. The third kappa shape index (κ3) is 4.30. The number of fused-ring (bicyclic) bond motifs is 6. The van der Waals surface area contributed by atoms with Gasteiger partial charge in [-0.3, -0.25) is 0 Å². The molecule has 3 heterocycles. The molecule has 0 saturated heterocycles. The monoisotopic (exact) mass is 567 g/mol. The van der Waals surface area contributed by atoms with E-state index < -0.39 is 0 Å². The van der Waals surface area contributed by atoms with Gasteiger partial charge in [0.05, 0.1) is 0 Å². The Bertz CT molecular complexity index is 2430. The van der Waals surface area contributed by atoms with E-state index >= 15 is 0 Å². The fourth-order valence-corrected chi connectivity index (χ4v) is 5.72. The molecule has 0 aliphatic heterocycles. The first-order valence-corrected chi connectivity index (χ1v) is 14.3. The van der Waals surface area contributed by atoms with Crippen molar-refractivity contribution in [2.75, 3.05) is 0 Å². The lowest BCUT2D eigenvalue weighted by Gasteiger charge is -2.10. The molecular weight excluding hydrogens is 542 g/mol. The van der Waals surface area contributed by atoms with Crippen molar-refractivity contribution >= 4 is 49.5 Å². The first-order valence-electron chi connectivity index (χ1n) is 14.3. The molecule has 3 aromatic heterocycles. The van der Waals surface area contributed by atoms with Crippen LogP contribution >= 0.6 is 0 Å². The van der Waals surface area contributed by atoms with Crippen LogP contribution in [0.2, 0.25) is 0 Å². The molecule has 0 N–H and O–H groups in total. The van der Waals surface area contributed by atoms with Crippen molar-refractivity contribution < 1.29 is 8.83 Å². The van der Waals surface area contributed by atoms with Gasteiger partial charge < -0.3 is 8.83 Å². The summed E-state index contributed by atoms with van der Waals surface area (Å²) in [5, 5.41) is 4.31. The number of rotatable bonds is 6. The highest BCUT2D eigenvalue weighted by molar-refractivity contribution is 6.15. The fourth-order valence-electron chi connectivity index (χ4n) is 5.72. The van der Waals surface area contributed by atoms with Gasteiger partial charge in [-0.05, 0) is 41.5 Å². The Labute approximate surface area is 253 Å². The third-order valence-corrected chi connectivity index (χ3v) is 7.87. The molecule has 0 aliphatic rings. The number of hydrogen-bond donors (Lipinski definition) is 0. The standard InChI is InChI=1S/C39H25N3O2/c1-3-11-24(4-2)37-40-38(25-12-6-5-7-13-25)42-39(41-37)28-15-10-14-26(20-28)27-18-19-30-32-22-31-29-16-8-9-17-33(29)43-35(31)23-36(32)44-34(30)21-27/h3-23H,1-2H2/b24-11+. The van der Waals surface area contributed by atoms with E-state index in [4.69, 9.17) is 23.8 Å². The first-order chi connectivity index (χ1) is 21.7. The minimum absolute atomic E-state index is 0.538. The lowest BCUT2D eigenvalue weighted by atomic mass is 10.0. The number of benzene rings is 5. The van der Waals surface area contributed by atoms with E-state index in [9.17, 15) is 0 Å². The smallest absolute Gasteiger partial charge is 0.164 e. The van der Waals surface area contributed by atoms with Crippen molar-refractivity contribution in [1.82, 2.24) is 15.0 Å². The number of allylic oxidation sites excluding steroid dienone is 4. The summed E-state index contributed by atoms with van der Waals surface area (Å²) in [4.78, 5) is 14.5. The SMILES string of the molecule is C=C/C=C(\C=C)c1nc(-c2ccccc2)nc(-c2cccc(-c3ccc4c(c3)oc3cc5oc6ccccc6c5cc34)c2)n1. The number of aromatic nitrogens is 3. The number of nitrogens with zero attached hydrogens (tertiary/aromatic N) is 3. The number of furan rings is 2. The first kappa shape index (κ1) is 25.6. The number of para-hydroxylation sites is 1. The number of hydrogen-bond acceptors (Lipinski definition) is 5. The zero-order valence-electron chi connectivity index (χ0n) is 23.7. The van der Waals surface area contributed by atoms with Crippen LogP contribution in [0.25, 0.3) is 83.4 Å². The van der Waals surface area contributed by atoms with Gasteiger partial charge in [-0.25, -0.2) is 15.0 Å². The van der Waals surface area contributed by atoms with E-state index in [0.717, 1.165) is 71.7 Å². The van der Waals surface area contributed by atoms with Gasteiger partial charge in [0, 0.05) is 44.3 Å². The van der Waals surface area contributed by atoms with Gasteiger partial charge in [0.15, 0.2) is 17.5 Å². The summed E-state index contributed by atoms with van der Waals surface area (Å²) < 4.78 is 12.5. The van der Waals surface area contributed by atoms with Crippen molar-refractivity contribution in [3.63, 3.8) is 0 Å². The summed E-state index contributed by atoms with van der Waals surface area (Å²) >= 11 is 0. The minimum Gasteiger partial charge on any atom is -0.456 e. The molecule has 5 nitrogen and oxygen atoms in total. The molecule has 0 bridgehead atoms. The van der Waals surface area contributed by atoms with E-state index in [-0.39, 0.29) is 0 Å². The fraction of sp³-hybridized carbons (Fsp3) is 0. The van der Waals surface area contributed by atoms with E-state index in [1.807, 2.05) is 72.8 Å². The summed E-state index contributed by atoms with van der Waals surface area (Å²) in [5.74, 6) is 1.71. The molecule has 8 rings (SSSR count). The molecule has 5 heteroatoms. The third-order valence-electron chi connectivity index (χ3n) is 7.87. The Kier molecular flexibility index (Phi) is 6.02. The van der Waals surface area contributed by atoms with Gasteiger partial charge in [0.25, 0.3) is 0 Å². The Morgan fingerprint density at radius 3 is 1.93 bits per heavy atom. The zero-order valence-corrected chi connectivity index (χ0v) is 23.7. The average molecular weight is 568 g/mol. The second-order valence-electron chi connectivity index (χ2n) is 10.6. The van der Waals surface area contributed by atoms with Crippen LogP contribution in [0, 0.1) is 0 Å². The van der Waals surface area contributed by atoms with Gasteiger partial charge in [0.2, 0.25) is 0 Å². The van der Waals surface area contributed by atoms with Gasteiger partial charge in [-0.15, -0.1) is 0 Å². The molecule has 0 atom stereocenters. The van der Waals surface area contributed by atoms with E-state index in [2.05, 4.69) is 55.6 Å². The second-order valence-corrected chi connectivity index (χ2v) is 10.6. The van der Waals surface area contributed by atoms with Crippen molar-refractivity contribution in [3.8, 4) is 33.9 Å². The van der Waals surface area contributed by atoms with E-state index in [0.29, 0.717) is 17.5 Å². The molecule has 208 valence electrons.